The monoisotopic (exact) mass is 479 g/mol. The highest BCUT2D eigenvalue weighted by atomic mass is 19.1. The lowest BCUT2D eigenvalue weighted by molar-refractivity contribution is -0.158. The molecule has 0 radical (unpaired) electrons. The Bertz CT molecular complexity index is 1300. The standard InChI is InChI=1S/C25H26FN5O4/c26-17-3-1-2-16(12-17)14-27-21(32)18-13-19(31-20(30-18)4-11-29-31)22(33)28-15-24-5-8-25(9-6-24,10-7-24)23(34)35/h1-4,11-13H,5-10,14-15H2,(H,27,32)(H,28,33)(H,34,35). The van der Waals surface area contributed by atoms with Gasteiger partial charge in [-0.25, -0.2) is 13.9 Å². The number of nitrogens with zero attached hydrogens (tertiary/aromatic N) is 3. The minimum absolute atomic E-state index is 0.0549. The first-order valence-electron chi connectivity index (χ1n) is 11.7. The van der Waals surface area contributed by atoms with Gasteiger partial charge in [0.25, 0.3) is 11.8 Å². The third-order valence-electron chi connectivity index (χ3n) is 7.65. The molecule has 2 bridgehead atoms. The van der Waals surface area contributed by atoms with Crippen LogP contribution in [-0.4, -0.2) is 44.0 Å². The van der Waals surface area contributed by atoms with E-state index in [0.29, 0.717) is 37.0 Å². The number of fused-ring (bicyclic) bond motifs is 4. The largest absolute Gasteiger partial charge is 0.481 e. The van der Waals surface area contributed by atoms with Crippen LogP contribution < -0.4 is 10.6 Å². The number of benzene rings is 1. The van der Waals surface area contributed by atoms with E-state index in [-0.39, 0.29) is 29.3 Å². The van der Waals surface area contributed by atoms with Gasteiger partial charge in [-0.15, -0.1) is 0 Å². The summed E-state index contributed by atoms with van der Waals surface area (Å²) in [6, 6.07) is 8.93. The third-order valence-corrected chi connectivity index (χ3v) is 7.65. The molecule has 10 heteroatoms. The average molecular weight is 480 g/mol. The molecule has 9 nitrogen and oxygen atoms in total. The van der Waals surface area contributed by atoms with Gasteiger partial charge in [-0.2, -0.15) is 5.10 Å². The Morgan fingerprint density at radius 2 is 1.74 bits per heavy atom. The Balaban J connectivity index is 1.29. The van der Waals surface area contributed by atoms with Gasteiger partial charge in [0.1, 0.15) is 17.2 Å². The van der Waals surface area contributed by atoms with Gasteiger partial charge in [0.15, 0.2) is 5.65 Å². The molecule has 35 heavy (non-hydrogen) atoms. The van der Waals surface area contributed by atoms with Crippen LogP contribution in [0.3, 0.4) is 0 Å². The SMILES string of the molecule is O=C(NCc1cccc(F)c1)c1cc(C(=O)NCC23CCC(C(=O)O)(CC2)CC3)n2nccc2n1. The van der Waals surface area contributed by atoms with Crippen molar-refractivity contribution in [2.75, 3.05) is 6.54 Å². The molecule has 3 N–H and O–H groups in total. The second-order valence-electron chi connectivity index (χ2n) is 9.71. The molecule has 3 fully saturated rings. The van der Waals surface area contributed by atoms with Crippen molar-refractivity contribution in [2.45, 2.75) is 45.1 Å². The molecule has 0 aliphatic heterocycles. The normalized spacial score (nSPS) is 23.2. The molecule has 0 unspecified atom stereocenters. The summed E-state index contributed by atoms with van der Waals surface area (Å²) in [5.41, 5.74) is 0.486. The van der Waals surface area contributed by atoms with Gasteiger partial charge in [0.2, 0.25) is 0 Å². The maximum Gasteiger partial charge on any atom is 0.309 e. The van der Waals surface area contributed by atoms with Crippen molar-refractivity contribution < 1.29 is 23.9 Å². The summed E-state index contributed by atoms with van der Waals surface area (Å²) >= 11 is 0. The molecular weight excluding hydrogens is 453 g/mol. The number of halogens is 1. The fourth-order valence-electron chi connectivity index (χ4n) is 5.32. The van der Waals surface area contributed by atoms with Crippen LogP contribution in [0.15, 0.2) is 42.6 Å². The lowest BCUT2D eigenvalue weighted by atomic mass is 9.53. The van der Waals surface area contributed by atoms with E-state index in [1.165, 1.54) is 28.9 Å². The highest BCUT2D eigenvalue weighted by Gasteiger charge is 2.52. The second kappa shape index (κ2) is 8.75. The Kier molecular flexibility index (Phi) is 5.74. The van der Waals surface area contributed by atoms with Crippen LogP contribution in [0.5, 0.6) is 0 Å². The zero-order valence-electron chi connectivity index (χ0n) is 19.1. The number of aromatic nitrogens is 3. The van der Waals surface area contributed by atoms with E-state index in [9.17, 15) is 23.9 Å². The molecule has 3 aliphatic carbocycles. The van der Waals surface area contributed by atoms with Crippen LogP contribution in [-0.2, 0) is 11.3 Å². The second-order valence-corrected chi connectivity index (χ2v) is 9.71. The van der Waals surface area contributed by atoms with Gasteiger partial charge in [0, 0.05) is 25.2 Å². The summed E-state index contributed by atoms with van der Waals surface area (Å²) in [4.78, 5) is 41.9. The van der Waals surface area contributed by atoms with Gasteiger partial charge in [0.05, 0.1) is 11.6 Å². The number of aliphatic carboxylic acids is 1. The van der Waals surface area contributed by atoms with Crippen LogP contribution in [0, 0.1) is 16.6 Å². The average Bonchev–Trinajstić information content (AvgIpc) is 3.35. The van der Waals surface area contributed by atoms with E-state index in [2.05, 4.69) is 20.7 Å². The van der Waals surface area contributed by atoms with Crippen molar-refractivity contribution in [3.05, 3.63) is 65.4 Å². The minimum Gasteiger partial charge on any atom is -0.481 e. The number of hydrogen-bond acceptors (Lipinski definition) is 5. The van der Waals surface area contributed by atoms with E-state index >= 15 is 0 Å². The summed E-state index contributed by atoms with van der Waals surface area (Å²) in [6.07, 6.45) is 5.69. The summed E-state index contributed by atoms with van der Waals surface area (Å²) in [7, 11) is 0. The van der Waals surface area contributed by atoms with Gasteiger partial charge in [-0.3, -0.25) is 14.4 Å². The molecule has 3 aromatic rings. The van der Waals surface area contributed by atoms with E-state index < -0.39 is 23.1 Å². The van der Waals surface area contributed by atoms with Gasteiger partial charge in [-0.05, 0) is 61.6 Å². The van der Waals surface area contributed by atoms with Crippen molar-refractivity contribution in [1.29, 1.82) is 0 Å². The molecular formula is C25H26FN5O4. The lowest BCUT2D eigenvalue weighted by Crippen LogP contribution is -2.50. The zero-order valence-corrected chi connectivity index (χ0v) is 19.1. The van der Waals surface area contributed by atoms with Crippen molar-refractivity contribution in [1.82, 2.24) is 25.2 Å². The smallest absolute Gasteiger partial charge is 0.309 e. The van der Waals surface area contributed by atoms with Gasteiger partial charge >= 0.3 is 5.97 Å². The molecule has 0 spiro atoms. The quantitative estimate of drug-likeness (QED) is 0.478. The Hall–Kier alpha value is -3.82. The predicted molar refractivity (Wildman–Crippen MR) is 123 cm³/mol. The highest BCUT2D eigenvalue weighted by molar-refractivity contribution is 5.98. The van der Waals surface area contributed by atoms with Crippen molar-refractivity contribution in [3.8, 4) is 0 Å². The number of hydrogen-bond donors (Lipinski definition) is 3. The summed E-state index contributed by atoms with van der Waals surface area (Å²) < 4.78 is 14.8. The van der Waals surface area contributed by atoms with E-state index in [0.717, 1.165) is 19.3 Å². The highest BCUT2D eigenvalue weighted by Crippen LogP contribution is 2.56. The molecule has 182 valence electrons. The van der Waals surface area contributed by atoms with E-state index in [4.69, 9.17) is 0 Å². The predicted octanol–water partition coefficient (Wildman–Crippen LogP) is 2.95. The Morgan fingerprint density at radius 1 is 1.00 bits per heavy atom. The van der Waals surface area contributed by atoms with Crippen molar-refractivity contribution >= 4 is 23.4 Å². The number of carboxylic acids is 1. The van der Waals surface area contributed by atoms with E-state index in [1.807, 2.05) is 0 Å². The molecule has 0 atom stereocenters. The first-order chi connectivity index (χ1) is 16.8. The molecule has 2 heterocycles. The number of carbonyl (C=O) groups is 3. The Labute approximate surface area is 200 Å². The molecule has 3 saturated carbocycles. The lowest BCUT2D eigenvalue weighted by Gasteiger charge is -2.51. The number of nitrogens with one attached hydrogen (secondary N) is 2. The molecule has 6 rings (SSSR count). The van der Waals surface area contributed by atoms with Crippen LogP contribution in [0.4, 0.5) is 4.39 Å². The fourth-order valence-corrected chi connectivity index (χ4v) is 5.32. The number of carboxylic acid groups (broad SMARTS) is 1. The molecule has 2 amide bonds. The van der Waals surface area contributed by atoms with Crippen LogP contribution in [0.25, 0.3) is 5.65 Å². The number of carbonyl (C=O) groups excluding carboxylic acids is 2. The summed E-state index contributed by atoms with van der Waals surface area (Å²) in [6.45, 7) is 0.554. The summed E-state index contributed by atoms with van der Waals surface area (Å²) in [5.74, 6) is -1.97. The molecule has 1 aromatic carbocycles. The van der Waals surface area contributed by atoms with Crippen molar-refractivity contribution in [3.63, 3.8) is 0 Å². The summed E-state index contributed by atoms with van der Waals surface area (Å²) in [5, 5.41) is 19.5. The maximum absolute atomic E-state index is 13.4. The van der Waals surface area contributed by atoms with Gasteiger partial charge < -0.3 is 15.7 Å². The third kappa shape index (κ3) is 4.36. The van der Waals surface area contributed by atoms with E-state index in [1.54, 1.807) is 18.2 Å². The fraction of sp³-hybridized carbons (Fsp3) is 0.400. The van der Waals surface area contributed by atoms with Crippen LogP contribution >= 0.6 is 0 Å². The maximum atomic E-state index is 13.4. The first kappa shape index (κ1) is 22.9. The van der Waals surface area contributed by atoms with Crippen LogP contribution in [0.2, 0.25) is 0 Å². The minimum atomic E-state index is -0.712. The molecule has 0 saturated heterocycles. The Morgan fingerprint density at radius 3 is 2.43 bits per heavy atom. The van der Waals surface area contributed by atoms with Crippen LogP contribution in [0.1, 0.15) is 65.1 Å². The van der Waals surface area contributed by atoms with Gasteiger partial charge in [-0.1, -0.05) is 12.1 Å². The zero-order chi connectivity index (χ0) is 24.6. The number of rotatable bonds is 7. The van der Waals surface area contributed by atoms with Crippen molar-refractivity contribution in [2.24, 2.45) is 10.8 Å². The first-order valence-corrected chi connectivity index (χ1v) is 11.7. The molecule has 2 aromatic heterocycles. The number of amides is 2. The topological polar surface area (TPSA) is 126 Å². The molecule has 3 aliphatic rings.